The lowest BCUT2D eigenvalue weighted by molar-refractivity contribution is 0.110. The summed E-state index contributed by atoms with van der Waals surface area (Å²) in [7, 11) is 0. The van der Waals surface area contributed by atoms with E-state index in [4.69, 9.17) is 4.74 Å². The number of hydrogen-bond donors (Lipinski definition) is 1. The van der Waals surface area contributed by atoms with Crippen LogP contribution in [0.15, 0.2) is 36.5 Å². The summed E-state index contributed by atoms with van der Waals surface area (Å²) >= 11 is 0. The van der Waals surface area contributed by atoms with Crippen LogP contribution in [0.25, 0.3) is 10.8 Å². The van der Waals surface area contributed by atoms with Crippen LogP contribution in [0.5, 0.6) is 0 Å². The molecule has 2 rings (SSSR count). The van der Waals surface area contributed by atoms with Crippen molar-refractivity contribution in [2.75, 3.05) is 25.1 Å². The molecule has 19 heavy (non-hydrogen) atoms. The molecule has 0 radical (unpaired) electrons. The Morgan fingerprint density at radius 2 is 2.05 bits per heavy atom. The summed E-state index contributed by atoms with van der Waals surface area (Å²) in [5, 5.41) is 5.78. The monoisotopic (exact) mass is 258 g/mol. The summed E-state index contributed by atoms with van der Waals surface area (Å²) in [5.74, 6) is 1.56. The van der Waals surface area contributed by atoms with Crippen LogP contribution in [0, 0.1) is 5.92 Å². The van der Waals surface area contributed by atoms with Gasteiger partial charge in [0.05, 0.1) is 0 Å². The van der Waals surface area contributed by atoms with E-state index >= 15 is 0 Å². The van der Waals surface area contributed by atoms with Gasteiger partial charge in [0, 0.05) is 31.3 Å². The number of anilines is 1. The Kier molecular flexibility index (Phi) is 5.16. The first-order chi connectivity index (χ1) is 9.27. The van der Waals surface area contributed by atoms with E-state index in [1.165, 1.54) is 10.8 Å². The van der Waals surface area contributed by atoms with Crippen molar-refractivity contribution in [2.45, 2.75) is 20.3 Å². The molecule has 0 fully saturated rings. The van der Waals surface area contributed by atoms with Gasteiger partial charge in [-0.3, -0.25) is 0 Å². The molecule has 0 aliphatic rings. The average molecular weight is 258 g/mol. The molecule has 0 aliphatic heterocycles. The van der Waals surface area contributed by atoms with E-state index in [2.05, 4.69) is 36.3 Å². The van der Waals surface area contributed by atoms with E-state index < -0.39 is 0 Å². The van der Waals surface area contributed by atoms with E-state index in [1.54, 1.807) is 0 Å². The Labute approximate surface area is 115 Å². The number of rotatable bonds is 7. The number of nitrogens with one attached hydrogen (secondary N) is 1. The maximum Gasteiger partial charge on any atom is 0.133 e. The van der Waals surface area contributed by atoms with Gasteiger partial charge in [0.2, 0.25) is 0 Å². The number of fused-ring (bicyclic) bond motifs is 1. The molecule has 1 N–H and O–H groups in total. The zero-order valence-electron chi connectivity index (χ0n) is 11.7. The molecule has 0 saturated carbocycles. The van der Waals surface area contributed by atoms with E-state index in [0.29, 0.717) is 5.92 Å². The van der Waals surface area contributed by atoms with Crippen molar-refractivity contribution in [3.8, 4) is 0 Å². The van der Waals surface area contributed by atoms with Crippen LogP contribution in [-0.4, -0.2) is 24.7 Å². The summed E-state index contributed by atoms with van der Waals surface area (Å²) in [4.78, 5) is 4.40. The number of benzene rings is 1. The van der Waals surface area contributed by atoms with Gasteiger partial charge in [0.15, 0.2) is 0 Å². The molecule has 0 aliphatic carbocycles. The number of pyridine rings is 1. The molecule has 3 heteroatoms. The summed E-state index contributed by atoms with van der Waals surface area (Å²) in [6, 6.07) is 10.3. The van der Waals surface area contributed by atoms with Crippen molar-refractivity contribution in [2.24, 2.45) is 5.92 Å². The van der Waals surface area contributed by atoms with Crippen molar-refractivity contribution in [1.29, 1.82) is 0 Å². The molecule has 1 heterocycles. The van der Waals surface area contributed by atoms with Gasteiger partial charge in [-0.1, -0.05) is 38.1 Å². The van der Waals surface area contributed by atoms with E-state index in [1.807, 2.05) is 24.4 Å². The topological polar surface area (TPSA) is 34.1 Å². The maximum absolute atomic E-state index is 5.56. The first-order valence-corrected chi connectivity index (χ1v) is 6.93. The molecule has 0 spiro atoms. The molecule has 3 nitrogen and oxygen atoms in total. The standard InChI is InChI=1S/C16H22N2O/c1-13(2)12-19-11-5-9-17-16-15-7-4-3-6-14(15)8-10-18-16/h3-4,6-8,10,13H,5,9,11-12H2,1-2H3,(H,17,18). The van der Waals surface area contributed by atoms with Crippen molar-refractivity contribution >= 4 is 16.6 Å². The highest BCUT2D eigenvalue weighted by molar-refractivity contribution is 5.91. The second-order valence-corrected chi connectivity index (χ2v) is 5.13. The largest absolute Gasteiger partial charge is 0.381 e. The Bertz CT molecular complexity index is 506. The highest BCUT2D eigenvalue weighted by Gasteiger charge is 2.00. The normalized spacial score (nSPS) is 11.1. The van der Waals surface area contributed by atoms with Crippen LogP contribution in [0.2, 0.25) is 0 Å². The van der Waals surface area contributed by atoms with Crippen molar-refractivity contribution in [1.82, 2.24) is 4.98 Å². The number of aromatic nitrogens is 1. The van der Waals surface area contributed by atoms with Crippen molar-refractivity contribution in [3.63, 3.8) is 0 Å². The zero-order chi connectivity index (χ0) is 13.5. The van der Waals surface area contributed by atoms with Gasteiger partial charge >= 0.3 is 0 Å². The molecule has 0 unspecified atom stereocenters. The molecule has 1 aromatic heterocycles. The van der Waals surface area contributed by atoms with Crippen LogP contribution in [0.3, 0.4) is 0 Å². The van der Waals surface area contributed by atoms with Crippen LogP contribution >= 0.6 is 0 Å². The van der Waals surface area contributed by atoms with Crippen LogP contribution in [-0.2, 0) is 4.74 Å². The molecule has 0 amide bonds. The summed E-state index contributed by atoms with van der Waals surface area (Å²) < 4.78 is 5.56. The lowest BCUT2D eigenvalue weighted by Crippen LogP contribution is -2.09. The quantitative estimate of drug-likeness (QED) is 0.769. The number of ether oxygens (including phenoxy) is 1. The Hall–Kier alpha value is -1.61. The number of hydrogen-bond acceptors (Lipinski definition) is 3. The van der Waals surface area contributed by atoms with Gasteiger partial charge in [-0.05, 0) is 23.8 Å². The van der Waals surface area contributed by atoms with Crippen molar-refractivity contribution in [3.05, 3.63) is 36.5 Å². The summed E-state index contributed by atoms with van der Waals surface area (Å²) in [6.07, 6.45) is 2.84. The minimum absolute atomic E-state index is 0.604. The fourth-order valence-electron chi connectivity index (χ4n) is 1.96. The van der Waals surface area contributed by atoms with E-state index in [-0.39, 0.29) is 0 Å². The maximum atomic E-state index is 5.56. The second kappa shape index (κ2) is 7.10. The lowest BCUT2D eigenvalue weighted by Gasteiger charge is -2.09. The molecular weight excluding hydrogens is 236 g/mol. The van der Waals surface area contributed by atoms with E-state index in [9.17, 15) is 0 Å². The molecule has 0 saturated heterocycles. The first-order valence-electron chi connectivity index (χ1n) is 6.93. The van der Waals surface area contributed by atoms with E-state index in [0.717, 1.165) is 32.0 Å². The van der Waals surface area contributed by atoms with Gasteiger partial charge in [-0.25, -0.2) is 4.98 Å². The SMILES string of the molecule is CC(C)COCCCNc1nccc2ccccc12. The Morgan fingerprint density at radius 1 is 1.21 bits per heavy atom. The van der Waals surface area contributed by atoms with Gasteiger partial charge in [0.1, 0.15) is 5.82 Å². The van der Waals surface area contributed by atoms with Gasteiger partial charge < -0.3 is 10.1 Å². The van der Waals surface area contributed by atoms with Gasteiger partial charge in [-0.2, -0.15) is 0 Å². The smallest absolute Gasteiger partial charge is 0.133 e. The number of nitrogens with zero attached hydrogens (tertiary/aromatic N) is 1. The zero-order valence-corrected chi connectivity index (χ0v) is 11.7. The van der Waals surface area contributed by atoms with Crippen LogP contribution in [0.1, 0.15) is 20.3 Å². The molecule has 0 atom stereocenters. The highest BCUT2D eigenvalue weighted by Crippen LogP contribution is 2.20. The fourth-order valence-corrected chi connectivity index (χ4v) is 1.96. The average Bonchev–Trinajstić information content (AvgIpc) is 2.42. The Morgan fingerprint density at radius 3 is 2.89 bits per heavy atom. The highest BCUT2D eigenvalue weighted by atomic mass is 16.5. The molecule has 102 valence electrons. The predicted molar refractivity (Wildman–Crippen MR) is 80.5 cm³/mol. The fraction of sp³-hybridized carbons (Fsp3) is 0.438. The molecule has 1 aromatic carbocycles. The second-order valence-electron chi connectivity index (χ2n) is 5.13. The van der Waals surface area contributed by atoms with Crippen LogP contribution in [0.4, 0.5) is 5.82 Å². The minimum atomic E-state index is 0.604. The first kappa shape index (κ1) is 13.8. The van der Waals surface area contributed by atoms with Crippen molar-refractivity contribution < 1.29 is 4.74 Å². The van der Waals surface area contributed by atoms with Gasteiger partial charge in [-0.15, -0.1) is 0 Å². The summed E-state index contributed by atoms with van der Waals surface area (Å²) in [6.45, 7) is 6.86. The Balaban J connectivity index is 1.82. The van der Waals surface area contributed by atoms with Crippen LogP contribution < -0.4 is 5.32 Å². The minimum Gasteiger partial charge on any atom is -0.381 e. The predicted octanol–water partition coefficient (Wildman–Crippen LogP) is 3.71. The molecular formula is C16H22N2O. The third-order valence-corrected chi connectivity index (χ3v) is 2.88. The third-order valence-electron chi connectivity index (χ3n) is 2.88. The molecule has 0 bridgehead atoms. The molecule has 2 aromatic rings. The summed E-state index contributed by atoms with van der Waals surface area (Å²) in [5.41, 5.74) is 0. The third kappa shape index (κ3) is 4.21. The lowest BCUT2D eigenvalue weighted by atomic mass is 10.1. The van der Waals surface area contributed by atoms with Gasteiger partial charge in [0.25, 0.3) is 0 Å².